The van der Waals surface area contributed by atoms with Gasteiger partial charge in [0.25, 0.3) is 0 Å². The fraction of sp³-hybridized carbons (Fsp3) is 0.353. The predicted molar refractivity (Wildman–Crippen MR) is 94.0 cm³/mol. The molecule has 2 amide bonds. The lowest BCUT2D eigenvalue weighted by molar-refractivity contribution is -0.120. The van der Waals surface area contributed by atoms with Crippen LogP contribution in [0.25, 0.3) is 0 Å². The number of benzene rings is 1. The number of ether oxygens (including phenoxy) is 3. The second kappa shape index (κ2) is 8.24. The smallest absolute Gasteiger partial charge is 0.244 e. The van der Waals surface area contributed by atoms with Crippen molar-refractivity contribution in [2.45, 2.75) is 13.8 Å². The standard InChI is InChI=1S/C17H21N3O6/c1-10-6-15(19-26-10)20(11(2)21)9-16(22)18-12-7-13(23-3)17(25-5)14(8-12)24-4/h6-8H,9H2,1-5H3,(H,18,22). The third-order valence-corrected chi connectivity index (χ3v) is 3.52. The molecule has 9 heteroatoms. The Morgan fingerprint density at radius 2 is 1.73 bits per heavy atom. The fourth-order valence-corrected chi connectivity index (χ4v) is 2.33. The van der Waals surface area contributed by atoms with Gasteiger partial charge < -0.3 is 24.1 Å². The van der Waals surface area contributed by atoms with Crippen molar-refractivity contribution >= 4 is 23.3 Å². The zero-order chi connectivity index (χ0) is 19.3. The van der Waals surface area contributed by atoms with Gasteiger partial charge >= 0.3 is 0 Å². The van der Waals surface area contributed by atoms with Gasteiger partial charge in [-0.2, -0.15) is 0 Å². The van der Waals surface area contributed by atoms with E-state index in [2.05, 4.69) is 10.5 Å². The molecular weight excluding hydrogens is 342 g/mol. The molecule has 0 aliphatic heterocycles. The van der Waals surface area contributed by atoms with Crippen LogP contribution in [0.2, 0.25) is 0 Å². The van der Waals surface area contributed by atoms with Crippen LogP contribution in [0.1, 0.15) is 12.7 Å². The van der Waals surface area contributed by atoms with Crippen molar-refractivity contribution in [2.24, 2.45) is 0 Å². The predicted octanol–water partition coefficient (Wildman–Crippen LogP) is 2.00. The molecule has 0 fully saturated rings. The largest absolute Gasteiger partial charge is 0.493 e. The summed E-state index contributed by atoms with van der Waals surface area (Å²) >= 11 is 0. The molecule has 0 saturated heterocycles. The number of aromatic nitrogens is 1. The first-order valence-electron chi connectivity index (χ1n) is 7.70. The molecule has 0 aliphatic rings. The van der Waals surface area contributed by atoms with Gasteiger partial charge in [0.1, 0.15) is 12.3 Å². The van der Waals surface area contributed by atoms with Crippen LogP contribution >= 0.6 is 0 Å². The molecule has 2 rings (SSSR count). The van der Waals surface area contributed by atoms with Crippen molar-refractivity contribution in [3.05, 3.63) is 24.0 Å². The topological polar surface area (TPSA) is 103 Å². The monoisotopic (exact) mass is 363 g/mol. The number of carbonyl (C=O) groups excluding carboxylic acids is 2. The van der Waals surface area contributed by atoms with Gasteiger partial charge in [0.05, 0.1) is 21.3 Å². The molecule has 0 saturated carbocycles. The van der Waals surface area contributed by atoms with Crippen molar-refractivity contribution in [1.29, 1.82) is 0 Å². The van der Waals surface area contributed by atoms with E-state index in [4.69, 9.17) is 18.7 Å². The second-order valence-electron chi connectivity index (χ2n) is 5.36. The normalized spacial score (nSPS) is 10.2. The van der Waals surface area contributed by atoms with Crippen LogP contribution in [0.15, 0.2) is 22.7 Å². The third kappa shape index (κ3) is 4.24. The van der Waals surface area contributed by atoms with Gasteiger partial charge in [0.2, 0.25) is 17.6 Å². The lowest BCUT2D eigenvalue weighted by atomic mass is 10.2. The first-order chi connectivity index (χ1) is 12.4. The molecular formula is C17H21N3O6. The summed E-state index contributed by atoms with van der Waals surface area (Å²) in [6, 6.07) is 4.77. The molecule has 140 valence electrons. The van der Waals surface area contributed by atoms with Gasteiger partial charge in [0.15, 0.2) is 17.3 Å². The Labute approximate surface area is 150 Å². The number of rotatable bonds is 7. The summed E-state index contributed by atoms with van der Waals surface area (Å²) in [5.74, 6) is 1.27. The van der Waals surface area contributed by atoms with Gasteiger partial charge in [-0.05, 0) is 6.92 Å². The average Bonchev–Trinajstić information content (AvgIpc) is 3.04. The Bertz CT molecular complexity index is 777. The molecule has 9 nitrogen and oxygen atoms in total. The summed E-state index contributed by atoms with van der Waals surface area (Å²) in [6.07, 6.45) is 0. The maximum absolute atomic E-state index is 12.4. The first-order valence-corrected chi connectivity index (χ1v) is 7.70. The molecule has 1 aromatic carbocycles. The molecule has 1 N–H and O–H groups in total. The fourth-order valence-electron chi connectivity index (χ4n) is 2.33. The maximum atomic E-state index is 12.4. The summed E-state index contributed by atoms with van der Waals surface area (Å²) in [7, 11) is 4.45. The number of anilines is 2. The summed E-state index contributed by atoms with van der Waals surface area (Å²) in [5, 5.41) is 6.47. The van der Waals surface area contributed by atoms with Crippen LogP contribution in [0.5, 0.6) is 17.2 Å². The van der Waals surface area contributed by atoms with E-state index in [0.29, 0.717) is 28.7 Å². The van der Waals surface area contributed by atoms with Crippen LogP contribution < -0.4 is 24.4 Å². The Morgan fingerprint density at radius 3 is 2.15 bits per heavy atom. The molecule has 0 unspecified atom stereocenters. The Morgan fingerprint density at radius 1 is 1.12 bits per heavy atom. The van der Waals surface area contributed by atoms with E-state index in [-0.39, 0.29) is 18.3 Å². The number of nitrogens with one attached hydrogen (secondary N) is 1. The molecule has 0 aliphatic carbocycles. The summed E-state index contributed by atoms with van der Waals surface area (Å²) in [4.78, 5) is 25.4. The lowest BCUT2D eigenvalue weighted by Gasteiger charge is -2.18. The molecule has 0 atom stereocenters. The number of amides is 2. The average molecular weight is 363 g/mol. The van der Waals surface area contributed by atoms with Crippen LogP contribution in [-0.4, -0.2) is 44.8 Å². The van der Waals surface area contributed by atoms with Crippen molar-refractivity contribution in [3.63, 3.8) is 0 Å². The number of hydrogen-bond acceptors (Lipinski definition) is 7. The van der Waals surface area contributed by atoms with Crippen LogP contribution in [0.4, 0.5) is 11.5 Å². The molecule has 2 aromatic rings. The highest BCUT2D eigenvalue weighted by Gasteiger charge is 2.20. The number of hydrogen-bond donors (Lipinski definition) is 1. The lowest BCUT2D eigenvalue weighted by Crippen LogP contribution is -2.36. The van der Waals surface area contributed by atoms with Crippen molar-refractivity contribution in [1.82, 2.24) is 5.16 Å². The number of methoxy groups -OCH3 is 3. The van der Waals surface area contributed by atoms with E-state index in [1.54, 1.807) is 25.1 Å². The number of nitrogens with zero attached hydrogens (tertiary/aromatic N) is 2. The Hall–Kier alpha value is -3.23. The number of carbonyl (C=O) groups is 2. The van der Waals surface area contributed by atoms with Crippen molar-refractivity contribution in [3.8, 4) is 17.2 Å². The molecule has 0 radical (unpaired) electrons. The Kier molecular flexibility index (Phi) is 6.05. The summed E-state index contributed by atoms with van der Waals surface area (Å²) in [5.41, 5.74) is 0.435. The van der Waals surface area contributed by atoms with E-state index >= 15 is 0 Å². The van der Waals surface area contributed by atoms with Crippen LogP contribution in [0, 0.1) is 6.92 Å². The number of aryl methyl sites for hydroxylation is 1. The van der Waals surface area contributed by atoms with E-state index < -0.39 is 5.91 Å². The van der Waals surface area contributed by atoms with E-state index in [9.17, 15) is 9.59 Å². The van der Waals surface area contributed by atoms with E-state index in [1.165, 1.54) is 33.2 Å². The third-order valence-electron chi connectivity index (χ3n) is 3.52. The zero-order valence-electron chi connectivity index (χ0n) is 15.3. The van der Waals surface area contributed by atoms with Gasteiger partial charge in [-0.25, -0.2) is 0 Å². The maximum Gasteiger partial charge on any atom is 0.244 e. The van der Waals surface area contributed by atoms with Gasteiger partial charge in [-0.1, -0.05) is 5.16 Å². The first kappa shape index (κ1) is 19.1. The second-order valence-corrected chi connectivity index (χ2v) is 5.36. The minimum Gasteiger partial charge on any atom is -0.493 e. The quantitative estimate of drug-likeness (QED) is 0.802. The van der Waals surface area contributed by atoms with Gasteiger partial charge in [0, 0.05) is 30.8 Å². The molecule has 26 heavy (non-hydrogen) atoms. The minimum absolute atomic E-state index is 0.224. The highest BCUT2D eigenvalue weighted by molar-refractivity contribution is 6.01. The van der Waals surface area contributed by atoms with Crippen molar-refractivity contribution in [2.75, 3.05) is 38.1 Å². The van der Waals surface area contributed by atoms with Crippen LogP contribution in [-0.2, 0) is 9.59 Å². The molecule has 0 spiro atoms. The zero-order valence-corrected chi connectivity index (χ0v) is 15.3. The summed E-state index contributed by atoms with van der Waals surface area (Å²) < 4.78 is 20.7. The van der Waals surface area contributed by atoms with Crippen molar-refractivity contribution < 1.29 is 28.3 Å². The van der Waals surface area contributed by atoms with Gasteiger partial charge in [-0.15, -0.1) is 0 Å². The molecule has 1 aromatic heterocycles. The van der Waals surface area contributed by atoms with Crippen LogP contribution in [0.3, 0.4) is 0 Å². The van der Waals surface area contributed by atoms with E-state index in [0.717, 1.165) is 0 Å². The highest BCUT2D eigenvalue weighted by Crippen LogP contribution is 2.39. The van der Waals surface area contributed by atoms with E-state index in [1.807, 2.05) is 0 Å². The SMILES string of the molecule is COc1cc(NC(=O)CN(C(C)=O)c2cc(C)on2)cc(OC)c1OC. The molecule has 0 bridgehead atoms. The van der Waals surface area contributed by atoms with Gasteiger partial charge in [-0.3, -0.25) is 14.5 Å². The molecule has 1 heterocycles. The minimum atomic E-state index is -0.421. The Balaban J connectivity index is 2.19. The summed E-state index contributed by atoms with van der Waals surface area (Å²) in [6.45, 7) is 2.82. The highest BCUT2D eigenvalue weighted by atomic mass is 16.5.